The molecule has 6 heteroatoms. The number of carbonyl (C=O) groups excluding carboxylic acids is 3. The Kier molecular flexibility index (Phi) is 7.11. The number of benzene rings is 2. The van der Waals surface area contributed by atoms with Gasteiger partial charge in [0.25, 0.3) is 0 Å². The van der Waals surface area contributed by atoms with Crippen LogP contribution in [0.4, 0.5) is 11.4 Å². The maximum atomic E-state index is 12.2. The van der Waals surface area contributed by atoms with Gasteiger partial charge in [-0.25, -0.2) is 4.79 Å². The Labute approximate surface area is 158 Å². The number of nitrogens with one attached hydrogen (secondary N) is 2. The Hall–Kier alpha value is -3.15. The van der Waals surface area contributed by atoms with Crippen molar-refractivity contribution in [2.45, 2.75) is 33.1 Å². The smallest absolute Gasteiger partial charge is 0.340 e. The van der Waals surface area contributed by atoms with Gasteiger partial charge in [-0.1, -0.05) is 38.1 Å². The fourth-order valence-electron chi connectivity index (χ4n) is 2.48. The molecule has 27 heavy (non-hydrogen) atoms. The molecule has 0 spiro atoms. The molecule has 0 bridgehead atoms. The van der Waals surface area contributed by atoms with Crippen molar-refractivity contribution in [1.82, 2.24) is 0 Å². The molecule has 0 saturated heterocycles. The molecule has 2 amide bonds. The molecule has 0 radical (unpaired) electrons. The number of amides is 2. The second-order valence-corrected chi connectivity index (χ2v) is 6.32. The minimum Gasteiger partial charge on any atom is -0.462 e. The predicted octanol–water partition coefficient (Wildman–Crippen LogP) is 3.95. The van der Waals surface area contributed by atoms with Crippen molar-refractivity contribution in [3.63, 3.8) is 0 Å². The third kappa shape index (κ3) is 5.95. The lowest BCUT2D eigenvalue weighted by molar-refractivity contribution is -0.123. The first-order valence-electron chi connectivity index (χ1n) is 8.86. The van der Waals surface area contributed by atoms with Gasteiger partial charge >= 0.3 is 5.97 Å². The molecule has 0 aromatic heterocycles. The molecule has 2 aromatic carbocycles. The number of hydrogen-bond donors (Lipinski definition) is 2. The first kappa shape index (κ1) is 20.2. The molecule has 2 N–H and O–H groups in total. The van der Waals surface area contributed by atoms with E-state index in [1.807, 2.05) is 12.1 Å². The van der Waals surface area contributed by atoms with Crippen LogP contribution in [-0.4, -0.2) is 24.4 Å². The molecule has 0 heterocycles. The lowest BCUT2D eigenvalue weighted by Gasteiger charge is -2.11. The summed E-state index contributed by atoms with van der Waals surface area (Å²) in [7, 11) is 0. The maximum Gasteiger partial charge on any atom is 0.340 e. The molecular weight excluding hydrogens is 344 g/mol. The zero-order chi connectivity index (χ0) is 19.8. The fraction of sp³-hybridized carbons (Fsp3) is 0.286. The van der Waals surface area contributed by atoms with E-state index in [0.29, 0.717) is 17.3 Å². The topological polar surface area (TPSA) is 84.5 Å². The Bertz CT molecular complexity index is 813. The van der Waals surface area contributed by atoms with Crippen molar-refractivity contribution in [3.05, 3.63) is 59.7 Å². The monoisotopic (exact) mass is 368 g/mol. The van der Waals surface area contributed by atoms with Crippen LogP contribution in [0, 0.1) is 0 Å². The summed E-state index contributed by atoms with van der Waals surface area (Å²) in [5.41, 5.74) is 2.36. The van der Waals surface area contributed by atoms with Crippen molar-refractivity contribution < 1.29 is 19.1 Å². The molecule has 142 valence electrons. The van der Waals surface area contributed by atoms with E-state index in [1.54, 1.807) is 43.3 Å². The average Bonchev–Trinajstić information content (AvgIpc) is 2.62. The SMILES string of the molecule is CCOC(=O)c1ccccc1NC(=O)CC(=O)Nc1ccc(C(C)C)cc1. The van der Waals surface area contributed by atoms with Crippen molar-refractivity contribution in [2.24, 2.45) is 0 Å². The van der Waals surface area contributed by atoms with E-state index in [9.17, 15) is 14.4 Å². The van der Waals surface area contributed by atoms with Gasteiger partial charge in [0, 0.05) is 5.69 Å². The predicted molar refractivity (Wildman–Crippen MR) is 105 cm³/mol. The average molecular weight is 368 g/mol. The minimum absolute atomic E-state index is 0.235. The van der Waals surface area contributed by atoms with E-state index in [4.69, 9.17) is 4.74 Å². The molecule has 0 saturated carbocycles. The fourth-order valence-corrected chi connectivity index (χ4v) is 2.48. The number of hydrogen-bond acceptors (Lipinski definition) is 4. The number of esters is 1. The zero-order valence-electron chi connectivity index (χ0n) is 15.7. The molecule has 0 aliphatic rings. The second kappa shape index (κ2) is 9.52. The van der Waals surface area contributed by atoms with Crippen molar-refractivity contribution in [1.29, 1.82) is 0 Å². The molecule has 2 aromatic rings. The van der Waals surface area contributed by atoms with Gasteiger partial charge in [0.2, 0.25) is 11.8 Å². The van der Waals surface area contributed by atoms with Gasteiger partial charge in [0.1, 0.15) is 6.42 Å². The molecule has 2 rings (SSSR count). The van der Waals surface area contributed by atoms with E-state index < -0.39 is 17.8 Å². The molecule has 0 aliphatic carbocycles. The highest BCUT2D eigenvalue weighted by atomic mass is 16.5. The Morgan fingerprint density at radius 2 is 1.56 bits per heavy atom. The summed E-state index contributed by atoms with van der Waals surface area (Å²) in [5, 5.41) is 5.28. The van der Waals surface area contributed by atoms with Gasteiger partial charge in [-0.2, -0.15) is 0 Å². The summed E-state index contributed by atoms with van der Waals surface area (Å²) in [5.74, 6) is -1.07. The minimum atomic E-state index is -0.525. The molecule has 0 fully saturated rings. The van der Waals surface area contributed by atoms with Crippen molar-refractivity contribution in [3.8, 4) is 0 Å². The number of rotatable bonds is 7. The number of para-hydroxylation sites is 1. The summed E-state index contributed by atoms with van der Waals surface area (Å²) < 4.78 is 4.97. The first-order chi connectivity index (χ1) is 12.9. The van der Waals surface area contributed by atoms with E-state index in [-0.39, 0.29) is 18.6 Å². The van der Waals surface area contributed by atoms with E-state index in [1.165, 1.54) is 5.56 Å². The third-order valence-corrected chi connectivity index (χ3v) is 3.88. The number of carbonyl (C=O) groups is 3. The van der Waals surface area contributed by atoms with Crippen LogP contribution in [-0.2, 0) is 14.3 Å². The summed E-state index contributed by atoms with van der Waals surface area (Å²) >= 11 is 0. The van der Waals surface area contributed by atoms with Crippen molar-refractivity contribution >= 4 is 29.2 Å². The second-order valence-electron chi connectivity index (χ2n) is 6.32. The Morgan fingerprint density at radius 3 is 2.19 bits per heavy atom. The molecule has 6 nitrogen and oxygen atoms in total. The highest BCUT2D eigenvalue weighted by molar-refractivity contribution is 6.09. The van der Waals surface area contributed by atoms with Gasteiger partial charge in [0.15, 0.2) is 0 Å². The van der Waals surface area contributed by atoms with Crippen molar-refractivity contribution in [2.75, 3.05) is 17.2 Å². The summed E-state index contributed by atoms with van der Waals surface area (Å²) in [4.78, 5) is 36.2. The van der Waals surface area contributed by atoms with Crippen LogP contribution in [0.1, 0.15) is 49.0 Å². The quantitative estimate of drug-likeness (QED) is 0.572. The maximum absolute atomic E-state index is 12.2. The van der Waals surface area contributed by atoms with E-state index in [0.717, 1.165) is 0 Å². The highest BCUT2D eigenvalue weighted by Gasteiger charge is 2.16. The number of anilines is 2. The standard InChI is InChI=1S/C21H24N2O4/c1-4-27-21(26)17-7-5-6-8-18(17)23-20(25)13-19(24)22-16-11-9-15(10-12-16)14(2)3/h5-12,14H,4,13H2,1-3H3,(H,22,24)(H,23,25). The molecular formula is C21H24N2O4. The van der Waals surface area contributed by atoms with Crippen LogP contribution in [0.25, 0.3) is 0 Å². The van der Waals surface area contributed by atoms with Crippen LogP contribution >= 0.6 is 0 Å². The zero-order valence-corrected chi connectivity index (χ0v) is 15.7. The third-order valence-electron chi connectivity index (χ3n) is 3.88. The van der Waals surface area contributed by atoms with Gasteiger partial charge in [-0.15, -0.1) is 0 Å². The van der Waals surface area contributed by atoms with Gasteiger partial charge in [-0.3, -0.25) is 9.59 Å². The van der Waals surface area contributed by atoms with E-state index >= 15 is 0 Å². The van der Waals surface area contributed by atoms with Crippen LogP contribution in [0.5, 0.6) is 0 Å². The highest BCUT2D eigenvalue weighted by Crippen LogP contribution is 2.18. The van der Waals surface area contributed by atoms with E-state index in [2.05, 4.69) is 24.5 Å². The normalized spacial score (nSPS) is 10.4. The Morgan fingerprint density at radius 1 is 0.926 bits per heavy atom. The molecule has 0 aliphatic heterocycles. The Balaban J connectivity index is 1.95. The lowest BCUT2D eigenvalue weighted by atomic mass is 10.0. The van der Waals surface area contributed by atoms with Gasteiger partial charge < -0.3 is 15.4 Å². The van der Waals surface area contributed by atoms with Gasteiger partial charge in [0.05, 0.1) is 17.9 Å². The number of ether oxygens (including phenoxy) is 1. The largest absolute Gasteiger partial charge is 0.462 e. The summed E-state index contributed by atoms with van der Waals surface area (Å²) in [6.07, 6.45) is -0.358. The summed E-state index contributed by atoms with van der Waals surface area (Å²) in [6.45, 7) is 6.12. The van der Waals surface area contributed by atoms with Crippen LogP contribution < -0.4 is 10.6 Å². The van der Waals surface area contributed by atoms with Crippen LogP contribution in [0.15, 0.2) is 48.5 Å². The van der Waals surface area contributed by atoms with Crippen LogP contribution in [0.2, 0.25) is 0 Å². The summed E-state index contributed by atoms with van der Waals surface area (Å²) in [6, 6.07) is 14.0. The first-order valence-corrected chi connectivity index (χ1v) is 8.86. The van der Waals surface area contributed by atoms with Gasteiger partial charge in [-0.05, 0) is 42.7 Å². The van der Waals surface area contributed by atoms with Crippen LogP contribution in [0.3, 0.4) is 0 Å². The molecule has 0 unspecified atom stereocenters. The molecule has 0 atom stereocenters. The lowest BCUT2D eigenvalue weighted by Crippen LogP contribution is -2.22.